The fourth-order valence-corrected chi connectivity index (χ4v) is 2.67. The molecule has 1 N–H and O–H groups in total. The Morgan fingerprint density at radius 1 is 1.04 bits per heavy atom. The summed E-state index contributed by atoms with van der Waals surface area (Å²) >= 11 is 0. The third-order valence-corrected chi connectivity index (χ3v) is 4.12. The van der Waals surface area contributed by atoms with Gasteiger partial charge in [-0.3, -0.25) is 0 Å². The van der Waals surface area contributed by atoms with Crippen molar-refractivity contribution in [3.05, 3.63) is 65.0 Å². The first-order chi connectivity index (χ1) is 13.0. The van der Waals surface area contributed by atoms with E-state index in [0.29, 0.717) is 31.7 Å². The third kappa shape index (κ3) is 5.13. The van der Waals surface area contributed by atoms with E-state index in [0.717, 1.165) is 12.1 Å². The Hall–Kier alpha value is -2.74. The van der Waals surface area contributed by atoms with Crippen molar-refractivity contribution >= 4 is 6.09 Å². The lowest BCUT2D eigenvalue weighted by molar-refractivity contribution is 0.0899. The van der Waals surface area contributed by atoms with E-state index < -0.39 is 30.2 Å². The summed E-state index contributed by atoms with van der Waals surface area (Å²) in [4.78, 5) is 13.4. The van der Waals surface area contributed by atoms with E-state index in [-0.39, 0.29) is 17.9 Å². The van der Waals surface area contributed by atoms with E-state index in [1.165, 1.54) is 23.1 Å². The van der Waals surface area contributed by atoms with Gasteiger partial charge in [-0.15, -0.1) is 0 Å². The van der Waals surface area contributed by atoms with Crippen LogP contribution in [0.4, 0.5) is 18.0 Å². The van der Waals surface area contributed by atoms with Crippen molar-refractivity contribution in [2.75, 3.05) is 26.2 Å². The molecule has 0 aliphatic carbocycles. The average Bonchev–Trinajstić information content (AvgIpc) is 2.66. The van der Waals surface area contributed by atoms with Crippen LogP contribution in [-0.2, 0) is 18.0 Å². The molecule has 8 heteroatoms. The monoisotopic (exact) mass is 380 g/mol. The molecular weight excluding hydrogens is 361 g/mol. The summed E-state index contributed by atoms with van der Waals surface area (Å²) < 4.78 is 51.9. The predicted octanol–water partition coefficient (Wildman–Crippen LogP) is 3.22. The Morgan fingerprint density at radius 2 is 1.74 bits per heavy atom. The Balaban J connectivity index is 1.59. The molecule has 2 aromatic carbocycles. The highest BCUT2D eigenvalue weighted by Gasteiger charge is 2.19. The van der Waals surface area contributed by atoms with Gasteiger partial charge in [-0.25, -0.2) is 18.0 Å². The summed E-state index contributed by atoms with van der Waals surface area (Å²) in [6, 6.07) is 7.74. The maximum Gasteiger partial charge on any atom is 0.410 e. The molecule has 0 unspecified atom stereocenters. The van der Waals surface area contributed by atoms with Crippen LogP contribution >= 0.6 is 0 Å². The molecule has 1 saturated heterocycles. The van der Waals surface area contributed by atoms with Gasteiger partial charge in [-0.1, -0.05) is 12.1 Å². The van der Waals surface area contributed by atoms with Gasteiger partial charge < -0.3 is 19.7 Å². The van der Waals surface area contributed by atoms with Crippen LogP contribution in [0.25, 0.3) is 0 Å². The molecule has 144 valence electrons. The van der Waals surface area contributed by atoms with Crippen molar-refractivity contribution < 1.29 is 27.4 Å². The molecule has 1 fully saturated rings. The van der Waals surface area contributed by atoms with Crippen LogP contribution in [0, 0.1) is 17.5 Å². The first-order valence-corrected chi connectivity index (χ1v) is 8.50. The molecule has 1 heterocycles. The van der Waals surface area contributed by atoms with Gasteiger partial charge in [-0.05, 0) is 17.7 Å². The molecule has 2 aromatic rings. The molecule has 1 amide bonds. The second kappa shape index (κ2) is 8.77. The van der Waals surface area contributed by atoms with E-state index >= 15 is 0 Å². The van der Waals surface area contributed by atoms with Crippen LogP contribution in [0.5, 0.6) is 5.75 Å². The summed E-state index contributed by atoms with van der Waals surface area (Å²) in [7, 11) is 0. The summed E-state index contributed by atoms with van der Waals surface area (Å²) in [6.07, 6.45) is -0.610. The highest BCUT2D eigenvalue weighted by molar-refractivity contribution is 5.67. The number of nitrogens with one attached hydrogen (secondary N) is 1. The zero-order valence-electron chi connectivity index (χ0n) is 14.5. The predicted molar refractivity (Wildman–Crippen MR) is 91.7 cm³/mol. The van der Waals surface area contributed by atoms with Crippen molar-refractivity contribution in [3.8, 4) is 5.75 Å². The number of carbonyl (C=O) groups excluding carboxylic acids is 1. The fourth-order valence-electron chi connectivity index (χ4n) is 2.67. The average molecular weight is 380 g/mol. The van der Waals surface area contributed by atoms with Crippen LogP contribution in [0.3, 0.4) is 0 Å². The summed E-state index contributed by atoms with van der Waals surface area (Å²) in [5.41, 5.74) is 0.182. The molecule has 0 spiro atoms. The minimum Gasteiger partial charge on any atom is -0.489 e. The minimum absolute atomic E-state index is 0.0338. The Kier molecular flexibility index (Phi) is 6.18. The first kappa shape index (κ1) is 19.0. The zero-order valence-corrected chi connectivity index (χ0v) is 14.5. The van der Waals surface area contributed by atoms with E-state index in [1.807, 2.05) is 0 Å². The third-order valence-electron chi connectivity index (χ3n) is 4.12. The topological polar surface area (TPSA) is 50.8 Å². The van der Waals surface area contributed by atoms with Gasteiger partial charge in [0.25, 0.3) is 0 Å². The van der Waals surface area contributed by atoms with Crippen molar-refractivity contribution in [2.45, 2.75) is 13.2 Å². The van der Waals surface area contributed by atoms with Gasteiger partial charge in [0.2, 0.25) is 0 Å². The zero-order chi connectivity index (χ0) is 19.2. The molecule has 3 rings (SSSR count). The number of hydrogen-bond acceptors (Lipinski definition) is 4. The van der Waals surface area contributed by atoms with E-state index in [4.69, 9.17) is 9.47 Å². The summed E-state index contributed by atoms with van der Waals surface area (Å²) in [6.45, 7) is 1.72. The van der Waals surface area contributed by atoms with E-state index in [9.17, 15) is 18.0 Å². The number of nitrogens with zero attached hydrogens (tertiary/aromatic N) is 1. The molecule has 27 heavy (non-hydrogen) atoms. The molecule has 5 nitrogen and oxygen atoms in total. The molecule has 0 aromatic heterocycles. The molecule has 0 atom stereocenters. The van der Waals surface area contributed by atoms with Crippen LogP contribution in [0.2, 0.25) is 0 Å². The van der Waals surface area contributed by atoms with E-state index in [2.05, 4.69) is 5.32 Å². The normalized spacial score (nSPS) is 14.1. The second-order valence-corrected chi connectivity index (χ2v) is 6.08. The number of amides is 1. The lowest BCUT2D eigenvalue weighted by Gasteiger charge is -2.26. The lowest BCUT2D eigenvalue weighted by Crippen LogP contribution is -2.46. The Morgan fingerprint density at radius 3 is 2.41 bits per heavy atom. The minimum atomic E-state index is -0.877. The highest BCUT2D eigenvalue weighted by atomic mass is 19.1. The smallest absolute Gasteiger partial charge is 0.410 e. The maximum absolute atomic E-state index is 14.2. The van der Waals surface area contributed by atoms with Gasteiger partial charge in [-0.2, -0.15) is 0 Å². The lowest BCUT2D eigenvalue weighted by atomic mass is 10.2. The SMILES string of the molecule is O=C(OCc1c(F)cc(OCc2cccc(F)c2)cc1F)N1CCNCC1. The van der Waals surface area contributed by atoms with Crippen LogP contribution in [0.15, 0.2) is 36.4 Å². The van der Waals surface area contributed by atoms with Crippen molar-refractivity contribution in [3.63, 3.8) is 0 Å². The van der Waals surface area contributed by atoms with Crippen molar-refractivity contribution in [1.29, 1.82) is 0 Å². The molecule has 0 saturated carbocycles. The van der Waals surface area contributed by atoms with Crippen LogP contribution < -0.4 is 10.1 Å². The fraction of sp³-hybridized carbons (Fsp3) is 0.316. The summed E-state index contributed by atoms with van der Waals surface area (Å²) in [5.74, 6) is -2.21. The standard InChI is InChI=1S/C19H19F3N2O3/c20-14-3-1-2-13(8-14)11-26-15-9-17(21)16(18(22)10-15)12-27-19(25)24-6-4-23-5-7-24/h1-3,8-10,23H,4-7,11-12H2. The number of piperazine rings is 1. The number of rotatable bonds is 5. The molecule has 0 radical (unpaired) electrons. The van der Waals surface area contributed by atoms with Crippen LogP contribution in [0.1, 0.15) is 11.1 Å². The number of benzene rings is 2. The largest absolute Gasteiger partial charge is 0.489 e. The van der Waals surface area contributed by atoms with E-state index in [1.54, 1.807) is 6.07 Å². The Labute approximate surface area is 154 Å². The van der Waals surface area contributed by atoms with Gasteiger partial charge in [0, 0.05) is 38.3 Å². The van der Waals surface area contributed by atoms with Gasteiger partial charge in [0.05, 0.1) is 5.56 Å². The van der Waals surface area contributed by atoms with Gasteiger partial charge in [0.1, 0.15) is 36.4 Å². The number of halogens is 3. The highest BCUT2D eigenvalue weighted by Crippen LogP contribution is 2.23. The molecule has 1 aliphatic heterocycles. The second-order valence-electron chi connectivity index (χ2n) is 6.08. The van der Waals surface area contributed by atoms with Gasteiger partial charge >= 0.3 is 6.09 Å². The van der Waals surface area contributed by atoms with Gasteiger partial charge in [0.15, 0.2) is 0 Å². The number of carbonyl (C=O) groups is 1. The number of hydrogen-bond donors (Lipinski definition) is 1. The number of ether oxygens (including phenoxy) is 2. The quantitative estimate of drug-likeness (QED) is 0.866. The molecule has 0 bridgehead atoms. The van der Waals surface area contributed by atoms with Crippen molar-refractivity contribution in [2.24, 2.45) is 0 Å². The molecular formula is C19H19F3N2O3. The summed E-state index contributed by atoms with van der Waals surface area (Å²) in [5, 5.41) is 3.09. The Bertz CT molecular complexity index is 788. The first-order valence-electron chi connectivity index (χ1n) is 8.50. The van der Waals surface area contributed by atoms with Crippen LogP contribution in [-0.4, -0.2) is 37.2 Å². The maximum atomic E-state index is 14.2. The van der Waals surface area contributed by atoms with Crippen molar-refractivity contribution in [1.82, 2.24) is 10.2 Å². The molecule has 1 aliphatic rings.